The lowest BCUT2D eigenvalue weighted by Gasteiger charge is -2.50. The van der Waals surface area contributed by atoms with E-state index < -0.39 is 58.0 Å². The van der Waals surface area contributed by atoms with Gasteiger partial charge in [-0.2, -0.15) is 0 Å². The van der Waals surface area contributed by atoms with Gasteiger partial charge in [0.25, 0.3) is 5.91 Å². The third-order valence-electron chi connectivity index (χ3n) is 9.08. The number of likely N-dealkylation sites (N-methyl/N-ethyl adjacent to an activating group) is 1. The molecule has 0 spiro atoms. The van der Waals surface area contributed by atoms with E-state index in [1.54, 1.807) is 20.2 Å². The molecule has 3 aliphatic rings. The number of ketones is 2. The number of aliphatic hydroxyl groups excluding tert-OH is 2. The summed E-state index contributed by atoms with van der Waals surface area (Å²) in [5.74, 6) is -6.83. The molecule has 4 unspecified atom stereocenters. The van der Waals surface area contributed by atoms with E-state index in [1.807, 2.05) is 24.3 Å². The number of phenols is 1. The van der Waals surface area contributed by atoms with Gasteiger partial charge in [0.2, 0.25) is 5.78 Å². The Balaban J connectivity index is 1.74. The van der Waals surface area contributed by atoms with Crippen molar-refractivity contribution in [1.82, 2.24) is 4.90 Å². The molecule has 10 heteroatoms. The Kier molecular flexibility index (Phi) is 6.88. The number of benzene rings is 2. The maximum absolute atomic E-state index is 14.1. The van der Waals surface area contributed by atoms with E-state index in [1.165, 1.54) is 4.90 Å². The predicted octanol–water partition coefficient (Wildman–Crippen LogP) is 2.39. The van der Waals surface area contributed by atoms with Gasteiger partial charge in [0, 0.05) is 23.6 Å². The Labute approximate surface area is 243 Å². The average molecular weight is 576 g/mol. The first-order chi connectivity index (χ1) is 19.5. The Morgan fingerprint density at radius 2 is 1.71 bits per heavy atom. The molecule has 1 fully saturated rings. The van der Waals surface area contributed by atoms with Crippen LogP contribution in [0.5, 0.6) is 5.75 Å². The van der Waals surface area contributed by atoms with E-state index in [0.717, 1.165) is 16.7 Å². The van der Waals surface area contributed by atoms with Crippen LogP contribution in [0.3, 0.4) is 0 Å². The standard InChI is InChI=1S/C32H37N3O7/c1-31(2,3)17-8-6-14(7-9-17)18-11-16(13-33)25(36)22-19(18)10-15-12-20-24(35(4)5)27(38)23(30(34)41)29(40)32(20,42)28(39)21(15)26(22)37/h6-9,11,15,20,24,36-37,40,42H,10,12-13,33H2,1-5H3,(H2,34,41). The minimum absolute atomic E-state index is 0.0214. The first kappa shape index (κ1) is 29.5. The molecule has 0 heterocycles. The van der Waals surface area contributed by atoms with Crippen molar-refractivity contribution in [2.45, 2.75) is 57.2 Å². The molecule has 1 amide bonds. The number of aliphatic hydroxyl groups is 3. The number of hydrogen-bond donors (Lipinski definition) is 6. The highest BCUT2D eigenvalue weighted by molar-refractivity contribution is 6.24. The van der Waals surface area contributed by atoms with E-state index in [4.69, 9.17) is 11.5 Å². The predicted molar refractivity (Wildman–Crippen MR) is 156 cm³/mol. The molecule has 0 aliphatic heterocycles. The highest BCUT2D eigenvalue weighted by atomic mass is 16.3. The van der Waals surface area contributed by atoms with Crippen molar-refractivity contribution in [3.8, 4) is 16.9 Å². The van der Waals surface area contributed by atoms with E-state index >= 15 is 0 Å². The first-order valence-corrected chi connectivity index (χ1v) is 13.9. The number of primary amides is 1. The normalized spacial score (nSPS) is 25.9. The third kappa shape index (κ3) is 4.08. The Morgan fingerprint density at radius 1 is 1.10 bits per heavy atom. The molecular weight excluding hydrogens is 538 g/mol. The second kappa shape index (κ2) is 9.79. The molecule has 0 aromatic heterocycles. The monoisotopic (exact) mass is 575 g/mol. The average Bonchev–Trinajstić information content (AvgIpc) is 2.90. The van der Waals surface area contributed by atoms with Gasteiger partial charge in [0.15, 0.2) is 11.4 Å². The van der Waals surface area contributed by atoms with Gasteiger partial charge < -0.3 is 31.9 Å². The summed E-state index contributed by atoms with van der Waals surface area (Å²) in [6, 6.07) is 8.60. The number of nitrogens with two attached hydrogens (primary N) is 2. The fourth-order valence-electron chi connectivity index (χ4n) is 6.93. The highest BCUT2D eigenvalue weighted by Gasteiger charge is 2.64. The quantitative estimate of drug-likeness (QED) is 0.298. The Hall–Kier alpha value is -3.99. The highest BCUT2D eigenvalue weighted by Crippen LogP contribution is 2.54. The van der Waals surface area contributed by atoms with Crippen LogP contribution >= 0.6 is 0 Å². The maximum atomic E-state index is 14.1. The zero-order valence-electron chi connectivity index (χ0n) is 24.4. The van der Waals surface area contributed by atoms with Gasteiger partial charge in [-0.15, -0.1) is 0 Å². The summed E-state index contributed by atoms with van der Waals surface area (Å²) in [4.78, 5) is 41.1. The molecule has 3 aliphatic carbocycles. The van der Waals surface area contributed by atoms with Crippen LogP contribution in [0.1, 0.15) is 49.4 Å². The maximum Gasteiger partial charge on any atom is 0.255 e. The molecule has 0 saturated heterocycles. The molecule has 4 atom stereocenters. The van der Waals surface area contributed by atoms with Crippen molar-refractivity contribution >= 4 is 23.2 Å². The first-order valence-electron chi connectivity index (χ1n) is 13.9. The fourth-order valence-corrected chi connectivity index (χ4v) is 6.93. The van der Waals surface area contributed by atoms with Gasteiger partial charge in [-0.25, -0.2) is 0 Å². The summed E-state index contributed by atoms with van der Waals surface area (Å²) in [6.07, 6.45) is 0.219. The smallest absolute Gasteiger partial charge is 0.255 e. The van der Waals surface area contributed by atoms with E-state index in [-0.39, 0.29) is 41.7 Å². The molecule has 0 bridgehead atoms. The van der Waals surface area contributed by atoms with E-state index in [0.29, 0.717) is 11.1 Å². The van der Waals surface area contributed by atoms with Gasteiger partial charge in [0.05, 0.1) is 11.6 Å². The van der Waals surface area contributed by atoms with Crippen LogP contribution in [-0.2, 0) is 32.8 Å². The molecule has 0 radical (unpaired) electrons. The third-order valence-corrected chi connectivity index (χ3v) is 9.08. The topological polar surface area (TPSA) is 187 Å². The van der Waals surface area contributed by atoms with Gasteiger partial charge in [-0.1, -0.05) is 45.0 Å². The van der Waals surface area contributed by atoms with Crippen LogP contribution in [0.4, 0.5) is 0 Å². The van der Waals surface area contributed by atoms with Crippen LogP contribution in [0.2, 0.25) is 0 Å². The number of carbonyl (C=O) groups excluding carboxylic acids is 3. The van der Waals surface area contributed by atoms with Crippen LogP contribution in [-0.4, -0.2) is 68.5 Å². The second-order valence-corrected chi connectivity index (χ2v) is 12.8. The molecule has 2 aromatic rings. The minimum Gasteiger partial charge on any atom is -0.508 e. The van der Waals surface area contributed by atoms with Crippen LogP contribution in [0, 0.1) is 11.8 Å². The molecule has 5 rings (SSSR count). The number of aromatic hydroxyl groups is 1. The van der Waals surface area contributed by atoms with Crippen molar-refractivity contribution in [2.75, 3.05) is 14.1 Å². The molecule has 42 heavy (non-hydrogen) atoms. The van der Waals surface area contributed by atoms with Gasteiger partial charge >= 0.3 is 0 Å². The number of nitrogens with zero attached hydrogens (tertiary/aromatic N) is 1. The molecule has 10 nitrogen and oxygen atoms in total. The zero-order chi connectivity index (χ0) is 31.0. The van der Waals surface area contributed by atoms with Crippen molar-refractivity contribution in [1.29, 1.82) is 0 Å². The summed E-state index contributed by atoms with van der Waals surface area (Å²) < 4.78 is 0. The second-order valence-electron chi connectivity index (χ2n) is 12.8. The number of carbonyl (C=O) groups is 3. The number of fused-ring (bicyclic) bond motifs is 3. The number of hydrogen-bond acceptors (Lipinski definition) is 9. The van der Waals surface area contributed by atoms with Crippen molar-refractivity contribution in [3.05, 3.63) is 69.5 Å². The number of Topliss-reactive ketones (excluding diaryl/α,β-unsaturated/α-hetero) is 2. The summed E-state index contributed by atoms with van der Waals surface area (Å²) in [6.45, 7) is 6.28. The van der Waals surface area contributed by atoms with Crippen molar-refractivity contribution < 1.29 is 34.8 Å². The lowest BCUT2D eigenvalue weighted by Crippen LogP contribution is -2.65. The van der Waals surface area contributed by atoms with E-state index in [9.17, 15) is 34.8 Å². The lowest BCUT2D eigenvalue weighted by molar-refractivity contribution is -0.153. The number of amides is 1. The van der Waals surface area contributed by atoms with Gasteiger partial charge in [0.1, 0.15) is 22.8 Å². The van der Waals surface area contributed by atoms with Crippen LogP contribution in [0.25, 0.3) is 16.9 Å². The SMILES string of the molecule is CN(C)C1C(=O)C(C(N)=O)=C(O)C2(O)C(=O)C3=C(O)c4c(O)c(CN)cc(-c5ccc(C(C)(C)C)cc5)c4CC3CC12. The van der Waals surface area contributed by atoms with Crippen molar-refractivity contribution in [2.24, 2.45) is 23.3 Å². The van der Waals surface area contributed by atoms with Crippen LogP contribution < -0.4 is 11.5 Å². The zero-order valence-corrected chi connectivity index (χ0v) is 24.4. The van der Waals surface area contributed by atoms with Gasteiger partial charge in [-0.3, -0.25) is 19.3 Å². The summed E-state index contributed by atoms with van der Waals surface area (Å²) >= 11 is 0. The lowest BCUT2D eigenvalue weighted by atomic mass is 9.57. The molecule has 222 valence electrons. The summed E-state index contributed by atoms with van der Waals surface area (Å²) in [5, 5.41) is 45.6. The number of phenolic OH excluding ortho intramolecular Hbond substituents is 1. The summed E-state index contributed by atoms with van der Waals surface area (Å²) in [7, 11) is 3.14. The number of rotatable bonds is 4. The molecule has 1 saturated carbocycles. The minimum atomic E-state index is -2.68. The molecule has 8 N–H and O–H groups in total. The van der Waals surface area contributed by atoms with Gasteiger partial charge in [-0.05, 0) is 66.6 Å². The van der Waals surface area contributed by atoms with Crippen molar-refractivity contribution in [3.63, 3.8) is 0 Å². The Morgan fingerprint density at radius 3 is 2.24 bits per heavy atom. The van der Waals surface area contributed by atoms with E-state index in [2.05, 4.69) is 20.8 Å². The molecular formula is C32H37N3O7. The Bertz CT molecular complexity index is 1600. The largest absolute Gasteiger partial charge is 0.508 e. The summed E-state index contributed by atoms with van der Waals surface area (Å²) in [5.41, 5.74) is 11.2. The molecule has 2 aromatic carbocycles. The fraction of sp³-hybridized carbons (Fsp3) is 0.406. The van der Waals surface area contributed by atoms with Crippen LogP contribution in [0.15, 0.2) is 47.2 Å².